The largest absolute Gasteiger partial charge is 0.317 e. The second kappa shape index (κ2) is 5.26. The molecule has 18 heavy (non-hydrogen) atoms. The minimum absolute atomic E-state index is 0.0301. The average molecular weight is 350 g/mol. The summed E-state index contributed by atoms with van der Waals surface area (Å²) in [5.74, 6) is 0.0983. The highest BCUT2D eigenvalue weighted by molar-refractivity contribution is 9.10. The van der Waals surface area contributed by atoms with E-state index in [0.717, 1.165) is 4.47 Å². The summed E-state index contributed by atoms with van der Waals surface area (Å²) in [6.07, 6.45) is 0. The Kier molecular flexibility index (Phi) is 3.89. The summed E-state index contributed by atoms with van der Waals surface area (Å²) in [5, 5.41) is 9.55. The molecular formula is C10H7BrCl2N4O. The molecule has 94 valence electrons. The van der Waals surface area contributed by atoms with Gasteiger partial charge in [-0.15, -0.1) is 5.10 Å². The number of benzene rings is 1. The Labute approximate surface area is 121 Å². The zero-order valence-corrected chi connectivity index (χ0v) is 12.2. The van der Waals surface area contributed by atoms with Gasteiger partial charge in [0.2, 0.25) is 5.82 Å². The van der Waals surface area contributed by atoms with Crippen LogP contribution in [0.5, 0.6) is 0 Å². The first-order valence-electron chi connectivity index (χ1n) is 4.82. The molecule has 1 amide bonds. The van der Waals surface area contributed by atoms with Crippen LogP contribution < -0.4 is 5.32 Å². The highest BCUT2D eigenvalue weighted by atomic mass is 79.9. The molecule has 5 nitrogen and oxygen atoms in total. The Bertz CT molecular complexity index is 591. The van der Waals surface area contributed by atoms with Gasteiger partial charge in [0.15, 0.2) is 0 Å². The fourth-order valence-corrected chi connectivity index (χ4v) is 2.58. The van der Waals surface area contributed by atoms with E-state index in [-0.39, 0.29) is 5.82 Å². The lowest BCUT2D eigenvalue weighted by atomic mass is 10.3. The van der Waals surface area contributed by atoms with Gasteiger partial charge in [-0.2, -0.15) is 0 Å². The Morgan fingerprint density at radius 2 is 2.00 bits per heavy atom. The monoisotopic (exact) mass is 348 g/mol. The zero-order chi connectivity index (χ0) is 13.3. The number of aromatic amines is 1. The van der Waals surface area contributed by atoms with E-state index in [1.165, 1.54) is 0 Å². The lowest BCUT2D eigenvalue weighted by Crippen LogP contribution is -2.14. The summed E-state index contributed by atoms with van der Waals surface area (Å²) in [6.45, 7) is 1.70. The number of nitrogens with zero attached hydrogens (tertiary/aromatic N) is 2. The van der Waals surface area contributed by atoms with Crippen LogP contribution in [0.1, 0.15) is 16.4 Å². The van der Waals surface area contributed by atoms with Crippen LogP contribution >= 0.6 is 39.1 Å². The highest BCUT2D eigenvalue weighted by Crippen LogP contribution is 2.33. The van der Waals surface area contributed by atoms with Gasteiger partial charge in [-0.05, 0) is 19.1 Å². The number of aryl methyl sites for hydroxylation is 1. The van der Waals surface area contributed by atoms with Crippen LogP contribution in [0.15, 0.2) is 16.6 Å². The van der Waals surface area contributed by atoms with Crippen molar-refractivity contribution in [2.45, 2.75) is 6.92 Å². The SMILES string of the molecule is Cc1nc(C(=O)Nc2c(Cl)cc(Br)cc2Cl)n[nH]1. The summed E-state index contributed by atoms with van der Waals surface area (Å²) >= 11 is 15.2. The van der Waals surface area contributed by atoms with E-state index in [0.29, 0.717) is 21.6 Å². The fraction of sp³-hybridized carbons (Fsp3) is 0.100. The number of rotatable bonds is 2. The van der Waals surface area contributed by atoms with E-state index in [4.69, 9.17) is 23.2 Å². The van der Waals surface area contributed by atoms with Crippen LogP contribution in [-0.4, -0.2) is 21.1 Å². The molecule has 1 heterocycles. The van der Waals surface area contributed by atoms with Gasteiger partial charge in [-0.1, -0.05) is 39.1 Å². The molecule has 0 aliphatic rings. The maximum absolute atomic E-state index is 11.8. The number of amides is 1. The van der Waals surface area contributed by atoms with Crippen molar-refractivity contribution >= 4 is 50.7 Å². The first kappa shape index (κ1) is 13.3. The lowest BCUT2D eigenvalue weighted by Gasteiger charge is -2.08. The molecule has 0 fully saturated rings. The zero-order valence-electron chi connectivity index (χ0n) is 9.09. The second-order valence-corrected chi connectivity index (χ2v) is 5.17. The first-order valence-corrected chi connectivity index (χ1v) is 6.37. The third-order valence-corrected chi connectivity index (χ3v) is 3.10. The summed E-state index contributed by atoms with van der Waals surface area (Å²) < 4.78 is 0.726. The third-order valence-electron chi connectivity index (χ3n) is 2.05. The third kappa shape index (κ3) is 2.82. The second-order valence-electron chi connectivity index (χ2n) is 3.44. The van der Waals surface area contributed by atoms with E-state index in [9.17, 15) is 4.79 Å². The Morgan fingerprint density at radius 1 is 1.39 bits per heavy atom. The smallest absolute Gasteiger partial charge is 0.295 e. The maximum atomic E-state index is 11.8. The number of hydrogen-bond acceptors (Lipinski definition) is 3. The lowest BCUT2D eigenvalue weighted by molar-refractivity contribution is 0.101. The van der Waals surface area contributed by atoms with Crippen molar-refractivity contribution in [3.63, 3.8) is 0 Å². The number of H-pyrrole nitrogens is 1. The molecule has 2 aromatic rings. The summed E-state index contributed by atoms with van der Waals surface area (Å²) in [6, 6.07) is 3.26. The molecule has 1 aromatic heterocycles. The molecule has 0 saturated carbocycles. The van der Waals surface area contributed by atoms with Crippen molar-refractivity contribution in [1.29, 1.82) is 0 Å². The minimum atomic E-state index is -0.481. The van der Waals surface area contributed by atoms with Gasteiger partial charge >= 0.3 is 0 Å². The van der Waals surface area contributed by atoms with Crippen LogP contribution in [0.2, 0.25) is 10.0 Å². The number of carbonyl (C=O) groups is 1. The standard InChI is InChI=1S/C10H7BrCl2N4O/c1-4-14-9(17-16-4)10(18)15-8-6(12)2-5(11)3-7(8)13/h2-3H,1H3,(H,15,18)(H,14,16,17). The number of anilines is 1. The quantitative estimate of drug-likeness (QED) is 0.872. The summed E-state index contributed by atoms with van der Waals surface area (Å²) in [5.41, 5.74) is 0.328. The van der Waals surface area contributed by atoms with Crippen LogP contribution in [0.4, 0.5) is 5.69 Å². The molecule has 0 atom stereocenters. The molecule has 2 rings (SSSR count). The van der Waals surface area contributed by atoms with Crippen molar-refractivity contribution in [3.8, 4) is 0 Å². The van der Waals surface area contributed by atoms with Crippen molar-refractivity contribution in [2.24, 2.45) is 0 Å². The first-order chi connectivity index (χ1) is 8.47. The average Bonchev–Trinajstić information content (AvgIpc) is 2.70. The predicted molar refractivity (Wildman–Crippen MR) is 73.2 cm³/mol. The van der Waals surface area contributed by atoms with Gasteiger partial charge in [0, 0.05) is 4.47 Å². The van der Waals surface area contributed by atoms with Crippen molar-refractivity contribution in [2.75, 3.05) is 5.32 Å². The highest BCUT2D eigenvalue weighted by Gasteiger charge is 2.15. The Hall–Kier alpha value is -1.11. The molecule has 0 unspecified atom stereocenters. The molecular weight excluding hydrogens is 343 g/mol. The number of aromatic nitrogens is 3. The van der Waals surface area contributed by atoms with Gasteiger partial charge in [0.25, 0.3) is 5.91 Å². The topological polar surface area (TPSA) is 70.7 Å². The molecule has 2 N–H and O–H groups in total. The van der Waals surface area contributed by atoms with Gasteiger partial charge in [-0.25, -0.2) is 4.98 Å². The van der Waals surface area contributed by atoms with E-state index >= 15 is 0 Å². The molecule has 1 aromatic carbocycles. The van der Waals surface area contributed by atoms with Crippen LogP contribution in [-0.2, 0) is 0 Å². The predicted octanol–water partition coefficient (Wildman–Crippen LogP) is 3.43. The molecule has 0 bridgehead atoms. The van der Waals surface area contributed by atoms with Crippen LogP contribution in [0, 0.1) is 6.92 Å². The normalized spacial score (nSPS) is 10.4. The van der Waals surface area contributed by atoms with Crippen molar-refractivity contribution in [1.82, 2.24) is 15.2 Å². The van der Waals surface area contributed by atoms with Gasteiger partial charge in [0.05, 0.1) is 15.7 Å². The van der Waals surface area contributed by atoms with Crippen molar-refractivity contribution in [3.05, 3.63) is 38.3 Å². The van der Waals surface area contributed by atoms with E-state index in [1.54, 1.807) is 19.1 Å². The van der Waals surface area contributed by atoms with E-state index in [1.807, 2.05) is 0 Å². The molecule has 8 heteroatoms. The molecule has 0 radical (unpaired) electrons. The van der Waals surface area contributed by atoms with Gasteiger partial charge < -0.3 is 5.32 Å². The molecule has 0 aliphatic carbocycles. The number of nitrogens with one attached hydrogen (secondary N) is 2. The van der Waals surface area contributed by atoms with E-state index < -0.39 is 5.91 Å². The molecule has 0 spiro atoms. The van der Waals surface area contributed by atoms with E-state index in [2.05, 4.69) is 36.4 Å². The Morgan fingerprint density at radius 3 is 2.50 bits per heavy atom. The van der Waals surface area contributed by atoms with Crippen molar-refractivity contribution < 1.29 is 4.79 Å². The molecule has 0 saturated heterocycles. The summed E-state index contributed by atoms with van der Waals surface area (Å²) in [4.78, 5) is 15.7. The fourth-order valence-electron chi connectivity index (χ4n) is 1.28. The van der Waals surface area contributed by atoms with Gasteiger partial charge in [0.1, 0.15) is 5.82 Å². The molecule has 0 aliphatic heterocycles. The Balaban J connectivity index is 2.27. The summed E-state index contributed by atoms with van der Waals surface area (Å²) in [7, 11) is 0. The maximum Gasteiger partial charge on any atom is 0.295 e. The van der Waals surface area contributed by atoms with Crippen LogP contribution in [0.3, 0.4) is 0 Å². The van der Waals surface area contributed by atoms with Crippen LogP contribution in [0.25, 0.3) is 0 Å². The number of hydrogen-bond donors (Lipinski definition) is 2. The number of carbonyl (C=O) groups excluding carboxylic acids is 1. The van der Waals surface area contributed by atoms with Gasteiger partial charge in [-0.3, -0.25) is 9.89 Å². The minimum Gasteiger partial charge on any atom is -0.317 e. The number of halogens is 3.